The van der Waals surface area contributed by atoms with E-state index >= 15 is 0 Å². The van der Waals surface area contributed by atoms with Gasteiger partial charge in [-0.05, 0) is 12.1 Å². The van der Waals surface area contributed by atoms with Gasteiger partial charge in [0.1, 0.15) is 18.0 Å². The lowest BCUT2D eigenvalue weighted by Crippen LogP contribution is -2.26. The third-order valence-corrected chi connectivity index (χ3v) is 2.84. The number of nitrogens with two attached hydrogens (primary N) is 1. The standard InChI is InChI=1S/C12H10N4O2/c1-17-12(18-2)10-4-8(6-14)7(5-13)3-9(10)11(15)16-12/h3-4H,1-2H3,(H2,15,16). The Kier molecular flexibility index (Phi) is 2.76. The molecule has 18 heavy (non-hydrogen) atoms. The van der Waals surface area contributed by atoms with Gasteiger partial charge in [-0.25, -0.2) is 4.99 Å². The molecule has 0 saturated heterocycles. The highest BCUT2D eigenvalue weighted by Gasteiger charge is 2.41. The summed E-state index contributed by atoms with van der Waals surface area (Å²) in [5.74, 6) is -1.12. The molecule has 0 spiro atoms. The van der Waals surface area contributed by atoms with E-state index in [0.717, 1.165) is 0 Å². The minimum atomic E-state index is -1.33. The Morgan fingerprint density at radius 2 is 1.72 bits per heavy atom. The van der Waals surface area contributed by atoms with E-state index in [1.807, 2.05) is 12.1 Å². The van der Waals surface area contributed by atoms with Gasteiger partial charge in [0.2, 0.25) is 0 Å². The molecule has 0 fully saturated rings. The van der Waals surface area contributed by atoms with Crippen LogP contribution >= 0.6 is 0 Å². The topological polar surface area (TPSA) is 104 Å². The molecule has 0 saturated carbocycles. The highest BCUT2D eigenvalue weighted by molar-refractivity contribution is 6.02. The Morgan fingerprint density at radius 3 is 2.22 bits per heavy atom. The van der Waals surface area contributed by atoms with Crippen molar-refractivity contribution in [3.63, 3.8) is 0 Å². The first-order chi connectivity index (χ1) is 8.61. The second-order valence-electron chi connectivity index (χ2n) is 3.65. The van der Waals surface area contributed by atoms with Crippen molar-refractivity contribution < 1.29 is 9.47 Å². The van der Waals surface area contributed by atoms with Gasteiger partial charge in [-0.3, -0.25) is 0 Å². The SMILES string of the molecule is COC1(OC)N=C(N)c2cc(C#N)c(C#N)cc21. The minimum absolute atomic E-state index is 0.217. The molecule has 1 aromatic carbocycles. The van der Waals surface area contributed by atoms with Crippen LogP contribution in [-0.2, 0) is 15.4 Å². The van der Waals surface area contributed by atoms with Crippen LogP contribution in [0.3, 0.4) is 0 Å². The van der Waals surface area contributed by atoms with Crippen molar-refractivity contribution in [3.05, 3.63) is 34.4 Å². The molecule has 1 aromatic rings. The van der Waals surface area contributed by atoms with Crippen molar-refractivity contribution in [1.82, 2.24) is 0 Å². The minimum Gasteiger partial charge on any atom is -0.383 e. The molecule has 0 radical (unpaired) electrons. The van der Waals surface area contributed by atoms with Gasteiger partial charge in [0, 0.05) is 25.3 Å². The molecule has 1 heterocycles. The van der Waals surface area contributed by atoms with E-state index in [-0.39, 0.29) is 17.0 Å². The van der Waals surface area contributed by atoms with Crippen molar-refractivity contribution >= 4 is 5.84 Å². The molecule has 0 aromatic heterocycles. The maximum absolute atomic E-state index is 9.01. The smallest absolute Gasteiger partial charge is 0.300 e. The summed E-state index contributed by atoms with van der Waals surface area (Å²) in [5, 5.41) is 18.0. The number of amidine groups is 1. The second-order valence-corrected chi connectivity index (χ2v) is 3.65. The highest BCUT2D eigenvalue weighted by Crippen LogP contribution is 2.37. The largest absolute Gasteiger partial charge is 0.383 e. The zero-order valence-electron chi connectivity index (χ0n) is 9.89. The van der Waals surface area contributed by atoms with E-state index < -0.39 is 5.91 Å². The summed E-state index contributed by atoms with van der Waals surface area (Å²) < 4.78 is 10.5. The van der Waals surface area contributed by atoms with Crippen LogP contribution in [0.5, 0.6) is 0 Å². The average molecular weight is 242 g/mol. The maximum Gasteiger partial charge on any atom is 0.300 e. The summed E-state index contributed by atoms with van der Waals surface area (Å²) in [4.78, 5) is 4.11. The predicted octanol–water partition coefficient (Wildman–Crippen LogP) is 0.552. The summed E-state index contributed by atoms with van der Waals surface area (Å²) in [5.41, 5.74) is 7.35. The number of methoxy groups -OCH3 is 2. The fraction of sp³-hybridized carbons (Fsp3) is 0.250. The molecule has 1 aliphatic heterocycles. The first-order valence-electron chi connectivity index (χ1n) is 5.06. The summed E-state index contributed by atoms with van der Waals surface area (Å²) in [6.45, 7) is 0. The zero-order valence-corrected chi connectivity index (χ0v) is 9.89. The molecule has 6 heteroatoms. The van der Waals surface area contributed by atoms with Gasteiger partial charge in [-0.15, -0.1) is 0 Å². The van der Waals surface area contributed by atoms with E-state index in [1.54, 1.807) is 0 Å². The number of nitrogens with zero attached hydrogens (tertiary/aromatic N) is 3. The molecule has 0 aliphatic carbocycles. The van der Waals surface area contributed by atoms with Crippen molar-refractivity contribution in [2.24, 2.45) is 10.7 Å². The molecule has 2 rings (SSSR count). The lowest BCUT2D eigenvalue weighted by atomic mass is 9.98. The number of benzene rings is 1. The molecule has 0 atom stereocenters. The number of hydrogen-bond donors (Lipinski definition) is 1. The molecule has 1 aliphatic rings. The number of nitriles is 2. The third kappa shape index (κ3) is 1.45. The molecule has 0 amide bonds. The van der Waals surface area contributed by atoms with Crippen molar-refractivity contribution in [2.75, 3.05) is 14.2 Å². The number of aliphatic imine (C=N–C) groups is 1. The number of fused-ring (bicyclic) bond motifs is 1. The van der Waals surface area contributed by atoms with E-state index in [4.69, 9.17) is 25.7 Å². The Balaban J connectivity index is 2.75. The van der Waals surface area contributed by atoms with Gasteiger partial charge in [0.05, 0.1) is 11.1 Å². The molecule has 0 unspecified atom stereocenters. The highest BCUT2D eigenvalue weighted by atomic mass is 16.7. The van der Waals surface area contributed by atoms with Crippen molar-refractivity contribution in [1.29, 1.82) is 10.5 Å². The predicted molar refractivity (Wildman–Crippen MR) is 62.3 cm³/mol. The summed E-state index contributed by atoms with van der Waals surface area (Å²) >= 11 is 0. The number of ether oxygens (including phenoxy) is 2. The third-order valence-electron chi connectivity index (χ3n) is 2.84. The lowest BCUT2D eigenvalue weighted by Gasteiger charge is -2.23. The lowest BCUT2D eigenvalue weighted by molar-refractivity contribution is -0.206. The Hall–Kier alpha value is -2.41. The molecular formula is C12H10N4O2. The Bertz CT molecular complexity index is 618. The van der Waals surface area contributed by atoms with Gasteiger partial charge >= 0.3 is 0 Å². The molecule has 0 bridgehead atoms. The fourth-order valence-corrected chi connectivity index (χ4v) is 1.93. The van der Waals surface area contributed by atoms with Crippen LogP contribution in [0.4, 0.5) is 0 Å². The monoisotopic (exact) mass is 242 g/mol. The van der Waals surface area contributed by atoms with Crippen molar-refractivity contribution in [2.45, 2.75) is 5.91 Å². The summed E-state index contributed by atoms with van der Waals surface area (Å²) in [7, 11) is 2.86. The van der Waals surface area contributed by atoms with Crippen LogP contribution in [0.15, 0.2) is 17.1 Å². The summed E-state index contributed by atoms with van der Waals surface area (Å²) in [6, 6.07) is 6.94. The van der Waals surface area contributed by atoms with Gasteiger partial charge in [-0.1, -0.05) is 0 Å². The zero-order chi connectivity index (χ0) is 13.3. The molecular weight excluding hydrogens is 232 g/mol. The average Bonchev–Trinajstić information content (AvgIpc) is 2.70. The summed E-state index contributed by atoms with van der Waals surface area (Å²) in [6.07, 6.45) is 0. The van der Waals surface area contributed by atoms with Crippen LogP contribution in [-0.4, -0.2) is 20.1 Å². The maximum atomic E-state index is 9.01. The van der Waals surface area contributed by atoms with Gasteiger partial charge in [0.25, 0.3) is 5.91 Å². The quantitative estimate of drug-likeness (QED) is 0.762. The Morgan fingerprint density at radius 1 is 1.17 bits per heavy atom. The van der Waals surface area contributed by atoms with E-state index in [2.05, 4.69) is 4.99 Å². The molecule has 90 valence electrons. The second kappa shape index (κ2) is 4.11. The van der Waals surface area contributed by atoms with Gasteiger partial charge in [0.15, 0.2) is 0 Å². The van der Waals surface area contributed by atoms with E-state index in [9.17, 15) is 0 Å². The van der Waals surface area contributed by atoms with Crippen molar-refractivity contribution in [3.8, 4) is 12.1 Å². The number of rotatable bonds is 2. The van der Waals surface area contributed by atoms with Crippen LogP contribution in [0.25, 0.3) is 0 Å². The molecule has 6 nitrogen and oxygen atoms in total. The Labute approximate surface area is 104 Å². The van der Waals surface area contributed by atoms with Gasteiger partial charge in [-0.2, -0.15) is 10.5 Å². The number of hydrogen-bond acceptors (Lipinski definition) is 6. The van der Waals surface area contributed by atoms with Crippen LogP contribution in [0.1, 0.15) is 22.3 Å². The van der Waals surface area contributed by atoms with E-state index in [1.165, 1.54) is 26.4 Å². The normalized spacial score (nSPS) is 15.4. The molecule has 2 N–H and O–H groups in total. The first kappa shape index (κ1) is 12.1. The van der Waals surface area contributed by atoms with Gasteiger partial charge < -0.3 is 15.2 Å². The fourth-order valence-electron chi connectivity index (χ4n) is 1.93. The van der Waals surface area contributed by atoms with Crippen LogP contribution in [0.2, 0.25) is 0 Å². The van der Waals surface area contributed by atoms with E-state index in [0.29, 0.717) is 11.1 Å². The van der Waals surface area contributed by atoms with Crippen LogP contribution < -0.4 is 5.73 Å². The van der Waals surface area contributed by atoms with Crippen LogP contribution in [0, 0.1) is 22.7 Å². The first-order valence-corrected chi connectivity index (χ1v) is 5.06.